The molecule has 2 aliphatic rings. The first kappa shape index (κ1) is 31.5. The summed E-state index contributed by atoms with van der Waals surface area (Å²) in [6, 6.07) is 13.1. The van der Waals surface area contributed by atoms with Crippen molar-refractivity contribution >= 4 is 16.7 Å². The monoisotopic (exact) mass is 658 g/mol. The van der Waals surface area contributed by atoms with Crippen LogP contribution in [0.1, 0.15) is 34.5 Å². The second-order valence-electron chi connectivity index (χ2n) is 11.4. The maximum absolute atomic E-state index is 15.5. The molecule has 0 radical (unpaired) electrons. The van der Waals surface area contributed by atoms with Gasteiger partial charge in [0.15, 0.2) is 28.8 Å². The molecule has 5 aromatic rings. The smallest absolute Gasteiger partial charge is 0.282 e. The highest BCUT2D eigenvalue weighted by molar-refractivity contribution is 5.98. The van der Waals surface area contributed by atoms with Crippen molar-refractivity contribution < 1.29 is 37.3 Å². The van der Waals surface area contributed by atoms with E-state index >= 15 is 4.39 Å². The zero-order valence-electron chi connectivity index (χ0n) is 26.0. The van der Waals surface area contributed by atoms with Crippen LogP contribution in [0.5, 0.6) is 23.1 Å². The summed E-state index contributed by atoms with van der Waals surface area (Å²) in [6.45, 7) is 2.77. The number of carbonyl (C=O) groups is 1. The zero-order valence-corrected chi connectivity index (χ0v) is 26.0. The number of fused-ring (bicyclic) bond motifs is 3. The van der Waals surface area contributed by atoms with E-state index in [4.69, 9.17) is 23.7 Å². The van der Waals surface area contributed by atoms with E-state index in [1.165, 1.54) is 47.4 Å². The van der Waals surface area contributed by atoms with Gasteiger partial charge in [-0.2, -0.15) is 0 Å². The lowest BCUT2D eigenvalue weighted by Gasteiger charge is -2.19. The van der Waals surface area contributed by atoms with Crippen LogP contribution in [0.2, 0.25) is 0 Å². The third-order valence-corrected chi connectivity index (χ3v) is 8.21. The maximum Gasteiger partial charge on any atom is 0.282 e. The SMILES string of the molecule is O=C(Cc1ccc(Oc2ncnc3cc4c(cc23)OCCOCCOCCO4)c(F)c1)c1c2n(n(-c3ccc(F)cc3)c1=O)CCCC2. The molecule has 0 bridgehead atoms. The van der Waals surface area contributed by atoms with E-state index in [1.54, 1.807) is 22.9 Å². The average Bonchev–Trinajstić information content (AvgIpc) is 3.38. The Morgan fingerprint density at radius 2 is 1.58 bits per heavy atom. The number of ketones is 1. The molecule has 4 heterocycles. The standard InChI is InChI=1S/C35H32F2N4O7/c36-23-5-7-24(8-6-23)41-35(43)33(28-3-1-2-10-40(28)41)29(42)18-22-4-9-30(26(37)17-22)48-34-25-19-31-32(20-27(25)38-21-39-34)47-16-14-45-12-11-44-13-15-46-31/h4-9,17,19-21H,1-3,10-16,18H2. The van der Waals surface area contributed by atoms with E-state index < -0.39 is 23.0 Å². The van der Waals surface area contributed by atoms with Gasteiger partial charge in [-0.3, -0.25) is 14.3 Å². The zero-order chi connectivity index (χ0) is 33.0. The Hall–Kier alpha value is -5.14. The van der Waals surface area contributed by atoms with E-state index in [9.17, 15) is 14.0 Å². The number of halogens is 2. The molecule has 11 nitrogen and oxygen atoms in total. The molecule has 3 aromatic carbocycles. The highest BCUT2D eigenvalue weighted by Crippen LogP contribution is 2.37. The molecule has 0 aliphatic carbocycles. The summed E-state index contributed by atoms with van der Waals surface area (Å²) in [7, 11) is 0. The summed E-state index contributed by atoms with van der Waals surface area (Å²) < 4.78 is 61.0. The van der Waals surface area contributed by atoms with E-state index in [1.807, 2.05) is 0 Å². The quantitative estimate of drug-likeness (QED) is 0.227. The molecule has 0 spiro atoms. The average molecular weight is 659 g/mol. The van der Waals surface area contributed by atoms with Crippen LogP contribution in [0.15, 0.2) is 65.7 Å². The van der Waals surface area contributed by atoms with E-state index in [0.29, 0.717) is 85.3 Å². The minimum atomic E-state index is -0.710. The Morgan fingerprint density at radius 3 is 2.33 bits per heavy atom. The number of benzene rings is 3. The van der Waals surface area contributed by atoms with E-state index in [-0.39, 0.29) is 30.2 Å². The van der Waals surface area contributed by atoms with Crippen LogP contribution in [0, 0.1) is 11.6 Å². The maximum atomic E-state index is 15.5. The molecular formula is C35H32F2N4O7. The van der Waals surface area contributed by atoms with Crippen molar-refractivity contribution in [3.8, 4) is 28.8 Å². The fraction of sp³-hybridized carbons (Fsp3) is 0.314. The van der Waals surface area contributed by atoms with Crippen molar-refractivity contribution in [2.24, 2.45) is 0 Å². The molecular weight excluding hydrogens is 626 g/mol. The topological polar surface area (TPSA) is 116 Å². The lowest BCUT2D eigenvalue weighted by atomic mass is 9.99. The largest absolute Gasteiger partial charge is 0.487 e. The highest BCUT2D eigenvalue weighted by Gasteiger charge is 2.28. The van der Waals surface area contributed by atoms with Crippen LogP contribution in [0.4, 0.5) is 8.78 Å². The van der Waals surface area contributed by atoms with Crippen LogP contribution in [0.25, 0.3) is 16.6 Å². The van der Waals surface area contributed by atoms with Gasteiger partial charge in [-0.25, -0.2) is 23.4 Å². The first-order valence-electron chi connectivity index (χ1n) is 15.8. The third kappa shape index (κ3) is 6.51. The predicted molar refractivity (Wildman–Crippen MR) is 170 cm³/mol. The molecule has 2 aliphatic heterocycles. The Bertz CT molecular complexity index is 2030. The Labute approximate surface area is 273 Å². The van der Waals surface area contributed by atoms with E-state index in [2.05, 4.69) is 9.97 Å². The minimum Gasteiger partial charge on any atom is -0.487 e. The first-order valence-corrected chi connectivity index (χ1v) is 15.8. The summed E-state index contributed by atoms with van der Waals surface area (Å²) in [5.41, 5.74) is 1.58. The summed E-state index contributed by atoms with van der Waals surface area (Å²) in [5.74, 6) is -0.680. The van der Waals surface area contributed by atoms with Crippen molar-refractivity contribution in [2.45, 2.75) is 32.2 Å². The number of hydrogen-bond donors (Lipinski definition) is 0. The number of aromatic nitrogens is 4. The number of hydrogen-bond acceptors (Lipinski definition) is 9. The molecule has 0 unspecified atom stereocenters. The molecule has 2 aromatic heterocycles. The molecule has 0 amide bonds. The van der Waals surface area contributed by atoms with Gasteiger partial charge >= 0.3 is 0 Å². The molecule has 248 valence electrons. The highest BCUT2D eigenvalue weighted by atomic mass is 19.1. The molecule has 0 saturated heterocycles. The lowest BCUT2D eigenvalue weighted by Crippen LogP contribution is -2.24. The van der Waals surface area contributed by atoms with Gasteiger partial charge in [0.2, 0.25) is 5.88 Å². The van der Waals surface area contributed by atoms with Crippen LogP contribution in [-0.4, -0.2) is 64.8 Å². The van der Waals surface area contributed by atoms with Crippen molar-refractivity contribution in [1.29, 1.82) is 0 Å². The van der Waals surface area contributed by atoms with Gasteiger partial charge in [0.25, 0.3) is 5.56 Å². The second-order valence-corrected chi connectivity index (χ2v) is 11.4. The normalized spacial score (nSPS) is 15.3. The second kappa shape index (κ2) is 13.9. The van der Waals surface area contributed by atoms with Crippen molar-refractivity contribution in [2.75, 3.05) is 39.6 Å². The predicted octanol–water partition coefficient (Wildman–Crippen LogP) is 5.22. The Balaban J connectivity index is 1.13. The van der Waals surface area contributed by atoms with Crippen LogP contribution in [-0.2, 0) is 28.9 Å². The van der Waals surface area contributed by atoms with Gasteiger partial charge in [0.1, 0.15) is 30.9 Å². The van der Waals surface area contributed by atoms with Crippen molar-refractivity contribution in [1.82, 2.24) is 19.3 Å². The van der Waals surface area contributed by atoms with Gasteiger partial charge < -0.3 is 23.7 Å². The minimum absolute atomic E-state index is 0.0739. The Morgan fingerprint density at radius 1 is 0.854 bits per heavy atom. The Kier molecular flexibility index (Phi) is 9.12. The number of Topliss-reactive ketones (excluding diaryl/α,β-unsaturated/α-hetero) is 1. The summed E-state index contributed by atoms with van der Waals surface area (Å²) in [4.78, 5) is 35.7. The van der Waals surface area contributed by atoms with Gasteiger partial charge in [0.05, 0.1) is 48.7 Å². The number of rotatable bonds is 6. The molecule has 48 heavy (non-hydrogen) atoms. The van der Waals surface area contributed by atoms with Gasteiger partial charge in [-0.05, 0) is 67.3 Å². The number of carbonyl (C=O) groups excluding carboxylic acids is 1. The molecule has 0 atom stereocenters. The van der Waals surface area contributed by atoms with Crippen molar-refractivity contribution in [3.05, 3.63) is 99.7 Å². The third-order valence-electron chi connectivity index (χ3n) is 8.21. The fourth-order valence-electron chi connectivity index (χ4n) is 5.96. The number of nitrogens with zero attached hydrogens (tertiary/aromatic N) is 4. The number of ether oxygens (including phenoxy) is 5. The first-order chi connectivity index (χ1) is 23.5. The molecule has 0 fully saturated rings. The van der Waals surface area contributed by atoms with Gasteiger partial charge in [0, 0.05) is 19.0 Å². The summed E-state index contributed by atoms with van der Waals surface area (Å²) in [6.07, 6.45) is 3.34. The van der Waals surface area contributed by atoms with Crippen LogP contribution >= 0.6 is 0 Å². The fourth-order valence-corrected chi connectivity index (χ4v) is 5.96. The van der Waals surface area contributed by atoms with Gasteiger partial charge in [-0.1, -0.05) is 6.07 Å². The molecule has 7 rings (SSSR count). The van der Waals surface area contributed by atoms with Crippen LogP contribution < -0.4 is 19.8 Å². The lowest BCUT2D eigenvalue weighted by molar-refractivity contribution is 0.0224. The van der Waals surface area contributed by atoms with Crippen molar-refractivity contribution in [3.63, 3.8) is 0 Å². The summed E-state index contributed by atoms with van der Waals surface area (Å²) in [5, 5.41) is 0.471. The van der Waals surface area contributed by atoms with Gasteiger partial charge in [-0.15, -0.1) is 0 Å². The molecule has 0 saturated carbocycles. The molecule has 0 N–H and O–H groups in total. The molecule has 13 heteroatoms. The summed E-state index contributed by atoms with van der Waals surface area (Å²) >= 11 is 0. The van der Waals surface area contributed by atoms with E-state index in [0.717, 1.165) is 12.8 Å². The van der Waals surface area contributed by atoms with Crippen LogP contribution in [0.3, 0.4) is 0 Å².